The highest BCUT2D eigenvalue weighted by atomic mass is 16.5. The van der Waals surface area contributed by atoms with E-state index < -0.39 is 0 Å². The van der Waals surface area contributed by atoms with E-state index in [1.165, 1.54) is 11.1 Å². The normalized spacial score (nSPS) is 20.1. The molecule has 1 atom stereocenters. The molecule has 7 nitrogen and oxygen atoms in total. The molecule has 0 aliphatic carbocycles. The lowest BCUT2D eigenvalue weighted by atomic mass is 9.99. The third-order valence-electron chi connectivity index (χ3n) is 5.29. The predicted molar refractivity (Wildman–Crippen MR) is 107 cm³/mol. The molecule has 0 bridgehead atoms. The van der Waals surface area contributed by atoms with Crippen LogP contribution in [0, 0.1) is 0 Å². The van der Waals surface area contributed by atoms with Gasteiger partial charge in [-0.3, -0.25) is 10.1 Å². The Morgan fingerprint density at radius 3 is 3.07 bits per heavy atom. The number of ether oxygens (including phenoxy) is 2. The van der Waals surface area contributed by atoms with E-state index >= 15 is 0 Å². The number of nitrogens with zero attached hydrogens (tertiary/aromatic N) is 3. The fourth-order valence-corrected chi connectivity index (χ4v) is 3.81. The summed E-state index contributed by atoms with van der Waals surface area (Å²) in [4.78, 5) is 9.01. The van der Waals surface area contributed by atoms with E-state index in [0.717, 1.165) is 55.6 Å². The van der Waals surface area contributed by atoms with Gasteiger partial charge in [0.1, 0.15) is 17.5 Å². The summed E-state index contributed by atoms with van der Waals surface area (Å²) in [5.41, 5.74) is 5.01. The molecule has 2 aromatic heterocycles. The maximum Gasteiger partial charge on any atom is 0.233 e. The maximum absolute atomic E-state index is 6.03. The van der Waals surface area contributed by atoms with Gasteiger partial charge in [0, 0.05) is 11.9 Å². The number of benzene rings is 1. The Kier molecular flexibility index (Phi) is 4.76. The largest absolute Gasteiger partial charge is 0.472 e. The minimum Gasteiger partial charge on any atom is -0.472 e. The molecule has 1 saturated heterocycles. The number of hydrogen-bond donors (Lipinski definition) is 2. The van der Waals surface area contributed by atoms with Crippen LogP contribution in [0.5, 0.6) is 5.88 Å². The number of aromatic nitrogens is 4. The van der Waals surface area contributed by atoms with E-state index in [-0.39, 0.29) is 6.10 Å². The number of aromatic amines is 1. The molecule has 2 aliphatic heterocycles. The SMILES string of the molecule is C1=C(c2ccc3[nH]nc(-c4cncc(O[C@@H]5CCCNC5)n4)c3c2)CCOC1. The Bertz CT molecular complexity index is 1010. The Balaban J connectivity index is 1.47. The molecule has 5 rings (SSSR count). The summed E-state index contributed by atoms with van der Waals surface area (Å²) >= 11 is 0. The minimum atomic E-state index is 0.140. The molecule has 7 heteroatoms. The molecule has 0 radical (unpaired) electrons. The highest BCUT2D eigenvalue weighted by Gasteiger charge is 2.17. The second kappa shape index (κ2) is 7.69. The number of rotatable bonds is 4. The fraction of sp³-hybridized carbons (Fsp3) is 0.381. The van der Waals surface area contributed by atoms with Gasteiger partial charge in [0.2, 0.25) is 5.88 Å². The molecule has 1 fully saturated rings. The number of nitrogens with one attached hydrogen (secondary N) is 2. The Morgan fingerprint density at radius 1 is 1.21 bits per heavy atom. The van der Waals surface area contributed by atoms with Crippen LogP contribution in [-0.2, 0) is 4.74 Å². The Hall–Kier alpha value is -2.77. The first-order chi connectivity index (χ1) is 13.9. The van der Waals surface area contributed by atoms with Gasteiger partial charge in [-0.2, -0.15) is 5.10 Å². The lowest BCUT2D eigenvalue weighted by molar-refractivity contribution is 0.160. The first kappa shape index (κ1) is 17.3. The molecule has 0 unspecified atom stereocenters. The van der Waals surface area contributed by atoms with Crippen molar-refractivity contribution in [1.82, 2.24) is 25.5 Å². The van der Waals surface area contributed by atoms with E-state index in [1.54, 1.807) is 12.4 Å². The van der Waals surface area contributed by atoms with E-state index in [2.05, 4.69) is 49.8 Å². The highest BCUT2D eigenvalue weighted by Crippen LogP contribution is 2.30. The van der Waals surface area contributed by atoms with Crippen molar-refractivity contribution in [3.63, 3.8) is 0 Å². The van der Waals surface area contributed by atoms with Gasteiger partial charge in [-0.05, 0) is 49.1 Å². The zero-order valence-corrected chi connectivity index (χ0v) is 15.6. The zero-order chi connectivity index (χ0) is 18.8. The molecule has 3 aromatic rings. The first-order valence-corrected chi connectivity index (χ1v) is 9.82. The van der Waals surface area contributed by atoms with Gasteiger partial charge in [-0.15, -0.1) is 0 Å². The third kappa shape index (κ3) is 3.50. The van der Waals surface area contributed by atoms with Crippen LogP contribution in [0.1, 0.15) is 24.8 Å². The van der Waals surface area contributed by atoms with Gasteiger partial charge in [-0.25, -0.2) is 4.98 Å². The van der Waals surface area contributed by atoms with Gasteiger partial charge >= 0.3 is 0 Å². The van der Waals surface area contributed by atoms with Crippen molar-refractivity contribution >= 4 is 16.5 Å². The second-order valence-electron chi connectivity index (χ2n) is 7.22. The maximum atomic E-state index is 6.03. The second-order valence-corrected chi connectivity index (χ2v) is 7.22. The molecule has 0 spiro atoms. The molecule has 2 N–H and O–H groups in total. The Morgan fingerprint density at radius 2 is 2.21 bits per heavy atom. The molecule has 4 heterocycles. The van der Waals surface area contributed by atoms with Gasteiger partial charge in [0.15, 0.2) is 0 Å². The molecule has 144 valence electrons. The molecule has 2 aliphatic rings. The van der Waals surface area contributed by atoms with Crippen LogP contribution < -0.4 is 10.1 Å². The topological polar surface area (TPSA) is 85.0 Å². The van der Waals surface area contributed by atoms with Gasteiger partial charge in [0.25, 0.3) is 0 Å². The van der Waals surface area contributed by atoms with Gasteiger partial charge in [0.05, 0.1) is 31.1 Å². The van der Waals surface area contributed by atoms with Gasteiger partial charge in [-0.1, -0.05) is 12.1 Å². The van der Waals surface area contributed by atoms with Crippen molar-refractivity contribution in [2.24, 2.45) is 0 Å². The summed E-state index contributed by atoms with van der Waals surface area (Å²) in [6.07, 6.45) is 8.78. The number of fused-ring (bicyclic) bond motifs is 1. The third-order valence-corrected chi connectivity index (χ3v) is 5.29. The predicted octanol–water partition coefficient (Wildman–Crippen LogP) is 2.95. The lowest BCUT2D eigenvalue weighted by Crippen LogP contribution is -2.37. The van der Waals surface area contributed by atoms with Crippen molar-refractivity contribution in [1.29, 1.82) is 0 Å². The quantitative estimate of drug-likeness (QED) is 0.727. The molecule has 28 heavy (non-hydrogen) atoms. The monoisotopic (exact) mass is 377 g/mol. The van der Waals surface area contributed by atoms with Gasteiger partial charge < -0.3 is 14.8 Å². The molecular weight excluding hydrogens is 354 g/mol. The van der Waals surface area contributed by atoms with Crippen LogP contribution in [0.15, 0.2) is 36.7 Å². The van der Waals surface area contributed by atoms with Crippen LogP contribution in [0.25, 0.3) is 27.9 Å². The van der Waals surface area contributed by atoms with Crippen molar-refractivity contribution in [2.75, 3.05) is 26.3 Å². The molecular formula is C21H23N5O2. The van der Waals surface area contributed by atoms with Crippen molar-refractivity contribution in [3.05, 3.63) is 42.2 Å². The van der Waals surface area contributed by atoms with E-state index in [1.807, 2.05) is 0 Å². The van der Waals surface area contributed by atoms with Crippen LogP contribution >= 0.6 is 0 Å². The number of H-pyrrole nitrogens is 1. The summed E-state index contributed by atoms with van der Waals surface area (Å²) in [5.74, 6) is 0.547. The molecule has 1 aromatic carbocycles. The van der Waals surface area contributed by atoms with Crippen LogP contribution in [-0.4, -0.2) is 52.6 Å². The fourth-order valence-electron chi connectivity index (χ4n) is 3.81. The van der Waals surface area contributed by atoms with E-state index in [0.29, 0.717) is 18.2 Å². The summed E-state index contributed by atoms with van der Waals surface area (Å²) < 4.78 is 11.5. The molecule has 0 amide bonds. The molecule has 0 saturated carbocycles. The standard InChI is InChI=1S/C21H23N5O2/c1-2-16(11-22-7-1)28-20-13-23-12-19(24-20)21-17-10-15(3-4-18(17)25-26-21)14-5-8-27-9-6-14/h3-5,10,12-13,16,22H,1-2,6-9,11H2,(H,25,26)/t16-/m1/s1. The first-order valence-electron chi connectivity index (χ1n) is 9.82. The average Bonchev–Trinajstić information content (AvgIpc) is 3.19. The lowest BCUT2D eigenvalue weighted by Gasteiger charge is -2.23. The zero-order valence-electron chi connectivity index (χ0n) is 15.6. The van der Waals surface area contributed by atoms with Crippen LogP contribution in [0.3, 0.4) is 0 Å². The highest BCUT2D eigenvalue weighted by molar-refractivity contribution is 5.94. The summed E-state index contributed by atoms with van der Waals surface area (Å²) in [6.45, 7) is 3.34. The van der Waals surface area contributed by atoms with Crippen molar-refractivity contribution in [2.45, 2.75) is 25.4 Å². The smallest absolute Gasteiger partial charge is 0.233 e. The van der Waals surface area contributed by atoms with E-state index in [4.69, 9.17) is 9.47 Å². The summed E-state index contributed by atoms with van der Waals surface area (Å²) in [5, 5.41) is 12.0. The number of piperidine rings is 1. The van der Waals surface area contributed by atoms with Crippen LogP contribution in [0.2, 0.25) is 0 Å². The Labute approximate surface area is 163 Å². The van der Waals surface area contributed by atoms with E-state index in [9.17, 15) is 0 Å². The minimum absolute atomic E-state index is 0.140. The van der Waals surface area contributed by atoms with Crippen LogP contribution in [0.4, 0.5) is 0 Å². The van der Waals surface area contributed by atoms with Crippen molar-refractivity contribution in [3.8, 4) is 17.3 Å². The summed E-state index contributed by atoms with van der Waals surface area (Å²) in [7, 11) is 0. The summed E-state index contributed by atoms with van der Waals surface area (Å²) in [6, 6.07) is 6.37. The number of hydrogen-bond acceptors (Lipinski definition) is 6. The average molecular weight is 377 g/mol. The van der Waals surface area contributed by atoms with Crippen molar-refractivity contribution < 1.29 is 9.47 Å².